The molecule has 39 heavy (non-hydrogen) atoms. The Labute approximate surface area is 231 Å². The summed E-state index contributed by atoms with van der Waals surface area (Å²) in [7, 11) is 0. The van der Waals surface area contributed by atoms with Crippen molar-refractivity contribution in [1.82, 2.24) is 9.80 Å². The van der Waals surface area contributed by atoms with E-state index in [4.69, 9.17) is 9.47 Å². The smallest absolute Gasteiger partial charge is 0.312 e. The van der Waals surface area contributed by atoms with Crippen LogP contribution in [0.1, 0.15) is 57.9 Å². The Morgan fingerprint density at radius 1 is 1.23 bits per heavy atom. The number of amides is 2. The predicted molar refractivity (Wildman–Crippen MR) is 147 cm³/mol. The minimum atomic E-state index is -1.16. The third kappa shape index (κ3) is 5.05. The number of benzene rings is 1. The van der Waals surface area contributed by atoms with Gasteiger partial charge in [0.15, 0.2) is 0 Å². The van der Waals surface area contributed by atoms with E-state index >= 15 is 0 Å². The fourth-order valence-electron chi connectivity index (χ4n) is 6.87. The number of aliphatic hydroxyl groups excluding tert-OH is 1. The Morgan fingerprint density at radius 2 is 1.97 bits per heavy atom. The highest BCUT2D eigenvalue weighted by atomic mass is 16.6. The van der Waals surface area contributed by atoms with E-state index in [1.165, 1.54) is 4.90 Å². The average molecular weight is 539 g/mol. The average Bonchev–Trinajstić information content (AvgIpc) is 3.56. The lowest BCUT2D eigenvalue weighted by atomic mass is 9.65. The summed E-state index contributed by atoms with van der Waals surface area (Å²) in [6.07, 6.45) is 7.50. The number of carbonyl (C=O) groups excluding carboxylic acids is 3. The van der Waals surface area contributed by atoms with E-state index in [0.717, 1.165) is 18.4 Å². The van der Waals surface area contributed by atoms with Crippen LogP contribution in [-0.2, 0) is 30.4 Å². The van der Waals surface area contributed by atoms with Gasteiger partial charge in [-0.05, 0) is 51.0 Å². The molecule has 1 aromatic rings. The van der Waals surface area contributed by atoms with Crippen molar-refractivity contribution in [1.29, 1.82) is 0 Å². The second-order valence-electron chi connectivity index (χ2n) is 11.1. The van der Waals surface area contributed by atoms with E-state index in [-0.39, 0.29) is 31.6 Å². The number of carbonyl (C=O) groups is 3. The van der Waals surface area contributed by atoms with Crippen molar-refractivity contribution >= 4 is 17.8 Å². The summed E-state index contributed by atoms with van der Waals surface area (Å²) in [5.41, 5.74) is -1.06. The molecule has 6 atom stereocenters. The van der Waals surface area contributed by atoms with Gasteiger partial charge in [-0.1, -0.05) is 49.4 Å². The van der Waals surface area contributed by atoms with Crippen LogP contribution in [0.5, 0.6) is 0 Å². The van der Waals surface area contributed by atoms with E-state index in [1.807, 2.05) is 43.3 Å². The molecule has 4 rings (SSSR count). The molecule has 3 aliphatic rings. The van der Waals surface area contributed by atoms with Crippen LogP contribution in [0, 0.1) is 11.8 Å². The Balaban J connectivity index is 1.69. The number of fused-ring (bicyclic) bond motifs is 1. The van der Waals surface area contributed by atoms with Crippen LogP contribution >= 0.6 is 0 Å². The zero-order valence-corrected chi connectivity index (χ0v) is 23.2. The first-order valence-electron chi connectivity index (χ1n) is 14.1. The Hall–Kier alpha value is -2.97. The first-order chi connectivity index (χ1) is 18.8. The second kappa shape index (κ2) is 12.0. The van der Waals surface area contributed by atoms with Gasteiger partial charge in [0.1, 0.15) is 17.6 Å². The third-order valence-electron chi connectivity index (χ3n) is 8.77. The molecule has 2 unspecified atom stereocenters. The number of esters is 1. The van der Waals surface area contributed by atoms with Gasteiger partial charge in [-0.3, -0.25) is 14.4 Å². The van der Waals surface area contributed by atoms with Crippen molar-refractivity contribution in [2.75, 3.05) is 19.8 Å². The van der Waals surface area contributed by atoms with Crippen molar-refractivity contribution in [3.05, 3.63) is 61.2 Å². The minimum Gasteiger partial charge on any atom is -0.465 e. The largest absolute Gasteiger partial charge is 0.465 e. The molecule has 1 N–H and O–H groups in total. The molecule has 8 heteroatoms. The number of rotatable bonds is 14. The van der Waals surface area contributed by atoms with E-state index in [9.17, 15) is 19.5 Å². The summed E-state index contributed by atoms with van der Waals surface area (Å²) in [5.74, 6) is -2.65. The maximum absolute atomic E-state index is 14.4. The van der Waals surface area contributed by atoms with E-state index in [0.29, 0.717) is 32.2 Å². The SMILES string of the molecule is C=CCCCCOC(=O)[C@H]1[C@H]2C(=O)N([C@H](C)CO)C(C(=O)N(CC=C)Cc3ccccc3)C23CC[C@]1(CC)O3. The summed E-state index contributed by atoms with van der Waals surface area (Å²) in [4.78, 5) is 45.2. The molecule has 1 aromatic carbocycles. The van der Waals surface area contributed by atoms with Crippen LogP contribution in [0.25, 0.3) is 0 Å². The van der Waals surface area contributed by atoms with Crippen LogP contribution in [0.2, 0.25) is 0 Å². The summed E-state index contributed by atoms with van der Waals surface area (Å²) < 4.78 is 12.5. The molecule has 2 amide bonds. The highest BCUT2D eigenvalue weighted by Gasteiger charge is 2.79. The van der Waals surface area contributed by atoms with Crippen LogP contribution in [0.15, 0.2) is 55.6 Å². The monoisotopic (exact) mass is 538 g/mol. The number of unbranched alkanes of at least 4 members (excludes halogenated alkanes) is 2. The van der Waals surface area contributed by atoms with Gasteiger partial charge in [-0.25, -0.2) is 0 Å². The lowest BCUT2D eigenvalue weighted by Gasteiger charge is -2.38. The molecule has 3 aliphatic heterocycles. The van der Waals surface area contributed by atoms with Crippen molar-refractivity contribution in [2.45, 2.75) is 82.2 Å². The summed E-state index contributed by atoms with van der Waals surface area (Å²) >= 11 is 0. The van der Waals surface area contributed by atoms with Crippen molar-refractivity contribution in [3.8, 4) is 0 Å². The van der Waals surface area contributed by atoms with Gasteiger partial charge in [0, 0.05) is 13.1 Å². The first-order valence-corrected chi connectivity index (χ1v) is 14.1. The number of hydrogen-bond acceptors (Lipinski definition) is 6. The number of likely N-dealkylation sites (tertiary alicyclic amines) is 1. The Morgan fingerprint density at radius 3 is 2.62 bits per heavy atom. The van der Waals surface area contributed by atoms with Gasteiger partial charge in [-0.15, -0.1) is 13.2 Å². The molecule has 0 aromatic heterocycles. The molecule has 212 valence electrons. The maximum atomic E-state index is 14.4. The number of allylic oxidation sites excluding steroid dienone is 1. The highest BCUT2D eigenvalue weighted by Crippen LogP contribution is 2.64. The lowest BCUT2D eigenvalue weighted by Crippen LogP contribution is -2.58. The van der Waals surface area contributed by atoms with Gasteiger partial charge >= 0.3 is 5.97 Å². The third-order valence-corrected chi connectivity index (χ3v) is 8.77. The lowest BCUT2D eigenvalue weighted by molar-refractivity contribution is -0.163. The van der Waals surface area contributed by atoms with Gasteiger partial charge in [0.25, 0.3) is 0 Å². The van der Waals surface area contributed by atoms with Gasteiger partial charge in [-0.2, -0.15) is 0 Å². The zero-order chi connectivity index (χ0) is 28.2. The molecule has 0 saturated carbocycles. The first kappa shape index (κ1) is 29.0. The summed E-state index contributed by atoms with van der Waals surface area (Å²) in [6, 6.07) is 8.07. The van der Waals surface area contributed by atoms with Crippen LogP contribution in [-0.4, -0.2) is 75.7 Å². The Bertz CT molecular complexity index is 1080. The number of hydrogen-bond donors (Lipinski definition) is 1. The van der Waals surface area contributed by atoms with Gasteiger partial charge in [0.05, 0.1) is 30.8 Å². The Kier molecular flexibility index (Phi) is 8.96. The van der Waals surface area contributed by atoms with Crippen LogP contribution in [0.3, 0.4) is 0 Å². The molecular weight excluding hydrogens is 496 g/mol. The molecule has 8 nitrogen and oxygen atoms in total. The zero-order valence-electron chi connectivity index (χ0n) is 23.2. The van der Waals surface area contributed by atoms with E-state index in [1.54, 1.807) is 17.9 Å². The molecule has 0 aliphatic carbocycles. The van der Waals surface area contributed by atoms with Crippen molar-refractivity contribution in [2.24, 2.45) is 11.8 Å². The molecule has 3 heterocycles. The molecule has 2 bridgehead atoms. The van der Waals surface area contributed by atoms with Crippen LogP contribution < -0.4 is 0 Å². The molecule has 0 radical (unpaired) electrons. The fourth-order valence-corrected chi connectivity index (χ4v) is 6.87. The molecule has 3 fully saturated rings. The maximum Gasteiger partial charge on any atom is 0.312 e. The number of nitrogens with zero attached hydrogens (tertiary/aromatic N) is 2. The highest BCUT2D eigenvalue weighted by molar-refractivity contribution is 5.98. The fraction of sp³-hybridized carbons (Fsp3) is 0.581. The van der Waals surface area contributed by atoms with E-state index in [2.05, 4.69) is 13.2 Å². The normalized spacial score (nSPS) is 29.7. The molecule has 3 saturated heterocycles. The topological polar surface area (TPSA) is 96.4 Å². The second-order valence-corrected chi connectivity index (χ2v) is 11.1. The molecule has 1 spiro atoms. The minimum absolute atomic E-state index is 0.264. The predicted octanol–water partition coefficient (Wildman–Crippen LogP) is 3.64. The summed E-state index contributed by atoms with van der Waals surface area (Å²) in [6.45, 7) is 11.8. The standard InChI is InChI=1S/C31H42N2O6/c1-5-8-9-13-19-38-29(37)25-24-27(35)33(22(4)21-34)26(31(24)17-16-30(25,7-3)39-31)28(36)32(18-6-2)20-23-14-11-10-12-15-23/h5-6,10-12,14-15,22,24-26,34H,1-2,7-9,13,16-21H2,3-4H3/t22-,24+,25-,26?,30+,31?/m1/s1. The summed E-state index contributed by atoms with van der Waals surface area (Å²) in [5, 5.41) is 10.1. The van der Waals surface area contributed by atoms with Crippen LogP contribution in [0.4, 0.5) is 0 Å². The van der Waals surface area contributed by atoms with Crippen molar-refractivity contribution in [3.63, 3.8) is 0 Å². The quantitative estimate of drug-likeness (QED) is 0.221. The van der Waals surface area contributed by atoms with Gasteiger partial charge in [0.2, 0.25) is 11.8 Å². The molecular formula is C31H42N2O6. The number of ether oxygens (including phenoxy) is 2. The van der Waals surface area contributed by atoms with Crippen molar-refractivity contribution < 1.29 is 29.0 Å². The van der Waals surface area contributed by atoms with Gasteiger partial charge < -0.3 is 24.4 Å². The van der Waals surface area contributed by atoms with E-state index < -0.39 is 41.1 Å². The number of aliphatic hydroxyl groups is 1.